The third-order valence-electron chi connectivity index (χ3n) is 1.93. The number of nitrogens with zero attached hydrogens (tertiary/aromatic N) is 1. The van der Waals surface area contributed by atoms with Crippen LogP contribution in [0.5, 0.6) is 0 Å². The molecule has 0 aliphatic heterocycles. The molecule has 1 aromatic rings. The van der Waals surface area contributed by atoms with Gasteiger partial charge < -0.3 is 10.2 Å². The Labute approximate surface area is 88.4 Å². The fourth-order valence-electron chi connectivity index (χ4n) is 1.19. The van der Waals surface area contributed by atoms with E-state index in [4.69, 9.17) is 5.11 Å². The normalized spacial score (nSPS) is 12.5. The van der Waals surface area contributed by atoms with Crippen molar-refractivity contribution in [3.05, 3.63) is 15.6 Å². The quantitative estimate of drug-likeness (QED) is 0.810. The lowest BCUT2D eigenvalue weighted by Crippen LogP contribution is -2.14. The summed E-state index contributed by atoms with van der Waals surface area (Å²) in [6.07, 6.45) is 0. The Bertz CT molecular complexity index is 312. The van der Waals surface area contributed by atoms with Crippen molar-refractivity contribution >= 4 is 11.3 Å². The molecule has 0 radical (unpaired) electrons. The molecule has 3 nitrogen and oxygen atoms in total. The first kappa shape index (κ1) is 11.6. The minimum atomic E-state index is -0.915. The van der Waals surface area contributed by atoms with Crippen LogP contribution in [0.15, 0.2) is 0 Å². The number of rotatable bonds is 3. The summed E-state index contributed by atoms with van der Waals surface area (Å²) in [5.41, 5.74) is -0.219. The minimum absolute atomic E-state index is 0.0555. The van der Waals surface area contributed by atoms with Crippen LogP contribution in [0, 0.1) is 0 Å². The number of thiazole rings is 1. The van der Waals surface area contributed by atoms with E-state index in [1.54, 1.807) is 13.8 Å². The molecule has 0 fully saturated rings. The van der Waals surface area contributed by atoms with Crippen LogP contribution in [0.3, 0.4) is 0 Å². The molecular weight excluding hydrogens is 198 g/mol. The zero-order chi connectivity index (χ0) is 10.9. The maximum atomic E-state index is 9.77. The second-order valence-corrected chi connectivity index (χ2v) is 5.23. The van der Waals surface area contributed by atoms with Crippen molar-refractivity contribution in [2.75, 3.05) is 0 Å². The lowest BCUT2D eigenvalue weighted by molar-refractivity contribution is 0.0779. The molecule has 1 aromatic heterocycles. The molecule has 0 spiro atoms. The van der Waals surface area contributed by atoms with Gasteiger partial charge in [0.25, 0.3) is 0 Å². The van der Waals surface area contributed by atoms with Crippen LogP contribution in [0.1, 0.15) is 49.2 Å². The van der Waals surface area contributed by atoms with E-state index < -0.39 is 5.60 Å². The van der Waals surface area contributed by atoms with Crippen molar-refractivity contribution in [1.29, 1.82) is 0 Å². The largest absolute Gasteiger partial charge is 0.390 e. The van der Waals surface area contributed by atoms with Gasteiger partial charge in [0.05, 0.1) is 12.3 Å². The molecule has 0 aromatic carbocycles. The second-order valence-electron chi connectivity index (χ2n) is 4.20. The smallest absolute Gasteiger partial charge is 0.124 e. The number of hydrogen-bond donors (Lipinski definition) is 2. The average Bonchev–Trinajstić information content (AvgIpc) is 2.45. The maximum Gasteiger partial charge on any atom is 0.124 e. The Morgan fingerprint density at radius 1 is 1.43 bits per heavy atom. The highest BCUT2D eigenvalue weighted by Gasteiger charge is 2.23. The third kappa shape index (κ3) is 2.32. The molecule has 0 unspecified atom stereocenters. The molecule has 80 valence electrons. The summed E-state index contributed by atoms with van der Waals surface area (Å²) in [6, 6.07) is 0. The second kappa shape index (κ2) is 3.96. The fraction of sp³-hybridized carbons (Fsp3) is 0.700. The Hall–Kier alpha value is -0.450. The number of aromatic nitrogens is 1. The zero-order valence-electron chi connectivity index (χ0n) is 9.03. The minimum Gasteiger partial charge on any atom is -0.390 e. The van der Waals surface area contributed by atoms with E-state index >= 15 is 0 Å². The van der Waals surface area contributed by atoms with Gasteiger partial charge in [-0.15, -0.1) is 11.3 Å². The maximum absolute atomic E-state index is 9.77. The van der Waals surface area contributed by atoms with Crippen LogP contribution in [0.25, 0.3) is 0 Å². The standard InChI is InChI=1S/C10H17NO2S/c1-6(2)8-7(5-12)11-9(14-8)10(3,4)13/h6,12-13H,5H2,1-4H3. The van der Waals surface area contributed by atoms with Crippen LogP contribution < -0.4 is 0 Å². The lowest BCUT2D eigenvalue weighted by Gasteiger charge is -2.12. The van der Waals surface area contributed by atoms with Crippen LogP contribution in [-0.2, 0) is 12.2 Å². The first-order valence-corrected chi connectivity index (χ1v) is 5.51. The predicted molar refractivity (Wildman–Crippen MR) is 57.4 cm³/mol. The van der Waals surface area contributed by atoms with Gasteiger partial charge in [-0.2, -0.15) is 0 Å². The summed E-state index contributed by atoms with van der Waals surface area (Å²) in [6.45, 7) is 7.47. The molecule has 0 bridgehead atoms. The molecule has 2 N–H and O–H groups in total. The van der Waals surface area contributed by atoms with Crippen LogP contribution in [0.2, 0.25) is 0 Å². The van der Waals surface area contributed by atoms with Crippen molar-refractivity contribution in [2.45, 2.75) is 45.8 Å². The predicted octanol–water partition coefficient (Wildman–Crippen LogP) is 1.99. The molecular formula is C10H17NO2S. The Kier molecular flexibility index (Phi) is 3.29. The molecule has 0 atom stereocenters. The first-order valence-electron chi connectivity index (χ1n) is 4.69. The summed E-state index contributed by atoms with van der Waals surface area (Å²) in [4.78, 5) is 5.30. The van der Waals surface area contributed by atoms with E-state index in [2.05, 4.69) is 18.8 Å². The van der Waals surface area contributed by atoms with Gasteiger partial charge in [-0.1, -0.05) is 13.8 Å². The van der Waals surface area contributed by atoms with E-state index in [1.165, 1.54) is 11.3 Å². The summed E-state index contributed by atoms with van der Waals surface area (Å²) in [5.74, 6) is 0.339. The molecule has 4 heteroatoms. The monoisotopic (exact) mass is 215 g/mol. The van der Waals surface area contributed by atoms with E-state index in [-0.39, 0.29) is 6.61 Å². The molecule has 14 heavy (non-hydrogen) atoms. The Morgan fingerprint density at radius 3 is 2.29 bits per heavy atom. The van der Waals surface area contributed by atoms with Gasteiger partial charge >= 0.3 is 0 Å². The van der Waals surface area contributed by atoms with Crippen molar-refractivity contribution < 1.29 is 10.2 Å². The van der Waals surface area contributed by atoms with Crippen LogP contribution in [-0.4, -0.2) is 15.2 Å². The SMILES string of the molecule is CC(C)c1sc(C(C)(C)O)nc1CO. The summed E-state index contributed by atoms with van der Waals surface area (Å²) in [5, 5.41) is 19.6. The number of aliphatic hydroxyl groups excluding tert-OH is 1. The lowest BCUT2D eigenvalue weighted by atomic mass is 10.1. The van der Waals surface area contributed by atoms with Gasteiger partial charge in [-0.25, -0.2) is 4.98 Å². The Morgan fingerprint density at radius 2 is 2.00 bits per heavy atom. The molecule has 1 heterocycles. The van der Waals surface area contributed by atoms with E-state index in [9.17, 15) is 5.11 Å². The van der Waals surface area contributed by atoms with Gasteiger partial charge in [0.1, 0.15) is 10.6 Å². The fourth-order valence-corrected chi connectivity index (χ4v) is 2.27. The van der Waals surface area contributed by atoms with Crippen LogP contribution in [0.4, 0.5) is 0 Å². The molecule has 0 aliphatic carbocycles. The molecule has 0 saturated carbocycles. The number of aliphatic hydroxyl groups is 2. The number of hydrogen-bond acceptors (Lipinski definition) is 4. The zero-order valence-corrected chi connectivity index (χ0v) is 9.85. The molecule has 0 aliphatic rings. The van der Waals surface area contributed by atoms with Crippen molar-refractivity contribution in [3.8, 4) is 0 Å². The van der Waals surface area contributed by atoms with Crippen LogP contribution >= 0.6 is 11.3 Å². The van der Waals surface area contributed by atoms with E-state index in [0.29, 0.717) is 16.6 Å². The third-order valence-corrected chi connectivity index (χ3v) is 3.64. The highest BCUT2D eigenvalue weighted by molar-refractivity contribution is 7.12. The highest BCUT2D eigenvalue weighted by atomic mass is 32.1. The summed E-state index contributed by atoms with van der Waals surface area (Å²) in [7, 11) is 0. The Balaban J connectivity index is 3.13. The van der Waals surface area contributed by atoms with Gasteiger partial charge in [0.15, 0.2) is 0 Å². The average molecular weight is 215 g/mol. The van der Waals surface area contributed by atoms with Gasteiger partial charge in [0.2, 0.25) is 0 Å². The molecule has 0 saturated heterocycles. The van der Waals surface area contributed by atoms with Gasteiger partial charge in [-0.3, -0.25) is 0 Å². The van der Waals surface area contributed by atoms with Gasteiger partial charge in [-0.05, 0) is 19.8 Å². The van der Waals surface area contributed by atoms with Crippen molar-refractivity contribution in [3.63, 3.8) is 0 Å². The first-order chi connectivity index (χ1) is 6.36. The van der Waals surface area contributed by atoms with Crippen molar-refractivity contribution in [1.82, 2.24) is 4.98 Å². The topological polar surface area (TPSA) is 53.4 Å². The summed E-state index contributed by atoms with van der Waals surface area (Å²) >= 11 is 1.48. The molecule has 1 rings (SSSR count). The summed E-state index contributed by atoms with van der Waals surface area (Å²) < 4.78 is 0. The van der Waals surface area contributed by atoms with E-state index in [1.807, 2.05) is 0 Å². The molecule has 0 amide bonds. The van der Waals surface area contributed by atoms with E-state index in [0.717, 1.165) is 4.88 Å². The van der Waals surface area contributed by atoms with Crippen molar-refractivity contribution in [2.24, 2.45) is 0 Å². The van der Waals surface area contributed by atoms with Gasteiger partial charge in [0, 0.05) is 4.88 Å². The highest BCUT2D eigenvalue weighted by Crippen LogP contribution is 2.32.